The van der Waals surface area contributed by atoms with Crippen molar-refractivity contribution in [2.45, 2.75) is 57.9 Å². The van der Waals surface area contributed by atoms with E-state index in [2.05, 4.69) is 19.3 Å². The summed E-state index contributed by atoms with van der Waals surface area (Å²) in [5.41, 5.74) is 0. The molecule has 2 rings (SSSR count). The highest BCUT2D eigenvalue weighted by atomic mass is 32.2. The molecule has 4 nitrogen and oxygen atoms in total. The van der Waals surface area contributed by atoms with Crippen LogP contribution in [0.25, 0.3) is 0 Å². The number of sulfonamides is 1. The quantitative estimate of drug-likeness (QED) is 0.847. The molecule has 4 atom stereocenters. The van der Waals surface area contributed by atoms with E-state index in [1.165, 1.54) is 38.4 Å². The second-order valence-electron chi connectivity index (χ2n) is 7.29. The topological polar surface area (TPSA) is 49.4 Å². The summed E-state index contributed by atoms with van der Waals surface area (Å²) in [6, 6.07) is 0.553. The van der Waals surface area contributed by atoms with Crippen LogP contribution in [0.1, 0.15) is 51.9 Å². The van der Waals surface area contributed by atoms with Crippen LogP contribution >= 0.6 is 0 Å². The Kier molecular flexibility index (Phi) is 6.09. The van der Waals surface area contributed by atoms with E-state index in [0.29, 0.717) is 18.5 Å². The molecule has 1 aliphatic carbocycles. The fourth-order valence-corrected chi connectivity index (χ4v) is 5.21. The van der Waals surface area contributed by atoms with Gasteiger partial charge in [-0.15, -0.1) is 0 Å². The average molecular weight is 317 g/mol. The number of hydrogen-bond acceptors (Lipinski definition) is 3. The van der Waals surface area contributed by atoms with Crippen molar-refractivity contribution in [3.05, 3.63) is 0 Å². The Labute approximate surface area is 130 Å². The average Bonchev–Trinajstić information content (AvgIpc) is 2.44. The van der Waals surface area contributed by atoms with E-state index in [9.17, 15) is 8.42 Å². The van der Waals surface area contributed by atoms with Gasteiger partial charge in [-0.1, -0.05) is 19.8 Å². The van der Waals surface area contributed by atoms with Gasteiger partial charge in [-0.25, -0.2) is 12.7 Å². The zero-order valence-electron chi connectivity index (χ0n) is 13.8. The molecule has 1 N–H and O–H groups in total. The molecule has 0 amide bonds. The van der Waals surface area contributed by atoms with Crippen LogP contribution in [-0.2, 0) is 10.0 Å². The monoisotopic (exact) mass is 316 g/mol. The lowest BCUT2D eigenvalue weighted by Crippen LogP contribution is -2.43. The van der Waals surface area contributed by atoms with Crippen molar-refractivity contribution in [3.8, 4) is 0 Å². The molecular formula is C16H32N2O2S. The second kappa shape index (κ2) is 7.42. The Morgan fingerprint density at radius 2 is 2.00 bits per heavy atom. The molecule has 5 heteroatoms. The van der Waals surface area contributed by atoms with Crippen LogP contribution in [0.2, 0.25) is 0 Å². The van der Waals surface area contributed by atoms with Crippen molar-refractivity contribution < 1.29 is 8.42 Å². The van der Waals surface area contributed by atoms with Gasteiger partial charge >= 0.3 is 0 Å². The van der Waals surface area contributed by atoms with Gasteiger partial charge in [-0.3, -0.25) is 0 Å². The lowest BCUT2D eigenvalue weighted by Gasteiger charge is -2.37. The van der Waals surface area contributed by atoms with E-state index in [1.54, 1.807) is 4.31 Å². The van der Waals surface area contributed by atoms with Crippen LogP contribution < -0.4 is 5.32 Å². The molecule has 2 fully saturated rings. The van der Waals surface area contributed by atoms with Crippen molar-refractivity contribution in [1.29, 1.82) is 0 Å². The van der Waals surface area contributed by atoms with E-state index in [-0.39, 0.29) is 0 Å². The van der Waals surface area contributed by atoms with Crippen molar-refractivity contribution in [1.82, 2.24) is 9.62 Å². The summed E-state index contributed by atoms with van der Waals surface area (Å²) in [6.07, 6.45) is 10.0. The maximum Gasteiger partial charge on any atom is 0.211 e. The summed E-state index contributed by atoms with van der Waals surface area (Å²) in [7, 11) is -0.951. The van der Waals surface area contributed by atoms with E-state index < -0.39 is 10.0 Å². The first kappa shape index (κ1) is 17.2. The molecule has 1 heterocycles. The molecule has 0 aromatic rings. The van der Waals surface area contributed by atoms with E-state index >= 15 is 0 Å². The zero-order valence-corrected chi connectivity index (χ0v) is 14.7. The smallest absolute Gasteiger partial charge is 0.211 e. The Morgan fingerprint density at radius 3 is 2.62 bits per heavy atom. The molecule has 0 spiro atoms. The van der Waals surface area contributed by atoms with Gasteiger partial charge < -0.3 is 5.32 Å². The highest BCUT2D eigenvalue weighted by Crippen LogP contribution is 2.34. The molecule has 0 radical (unpaired) electrons. The molecular weight excluding hydrogens is 284 g/mol. The number of hydrogen-bond donors (Lipinski definition) is 1. The Morgan fingerprint density at radius 1 is 1.24 bits per heavy atom. The molecule has 4 unspecified atom stereocenters. The first-order chi connectivity index (χ1) is 9.90. The summed E-state index contributed by atoms with van der Waals surface area (Å²) in [4.78, 5) is 0. The molecule has 1 saturated carbocycles. The number of nitrogens with one attached hydrogen (secondary N) is 1. The molecule has 0 aromatic carbocycles. The van der Waals surface area contributed by atoms with Gasteiger partial charge in [0.1, 0.15) is 0 Å². The predicted molar refractivity (Wildman–Crippen MR) is 87.7 cm³/mol. The molecule has 21 heavy (non-hydrogen) atoms. The zero-order chi connectivity index (χ0) is 15.5. The fourth-order valence-electron chi connectivity index (χ4n) is 4.27. The molecule has 1 saturated heterocycles. The summed E-state index contributed by atoms with van der Waals surface area (Å²) >= 11 is 0. The van der Waals surface area contributed by atoms with Gasteiger partial charge in [0.25, 0.3) is 0 Å². The Balaban J connectivity index is 1.92. The highest BCUT2D eigenvalue weighted by molar-refractivity contribution is 7.88. The highest BCUT2D eigenvalue weighted by Gasteiger charge is 2.31. The number of rotatable bonds is 5. The Bertz CT molecular complexity index is 424. The minimum Gasteiger partial charge on any atom is -0.317 e. The third-order valence-electron chi connectivity index (χ3n) is 5.45. The molecule has 124 valence electrons. The van der Waals surface area contributed by atoms with Gasteiger partial charge in [0.2, 0.25) is 10.0 Å². The maximum absolute atomic E-state index is 11.7. The fraction of sp³-hybridized carbons (Fsp3) is 1.00. The van der Waals surface area contributed by atoms with E-state index in [4.69, 9.17) is 0 Å². The first-order valence-corrected chi connectivity index (χ1v) is 10.4. The standard InChI is InChI=1S/C16H32N2O2S/c1-13-6-4-8-15(10-13)16(17-2)11-14-7-5-9-18(12-14)21(3,19)20/h13-17H,4-12H2,1-3H3. The molecule has 0 bridgehead atoms. The molecule has 1 aliphatic heterocycles. The summed E-state index contributed by atoms with van der Waals surface area (Å²) in [6.45, 7) is 3.80. The lowest BCUT2D eigenvalue weighted by atomic mass is 9.75. The minimum absolute atomic E-state index is 0.517. The summed E-state index contributed by atoms with van der Waals surface area (Å²) in [5.74, 6) is 2.13. The van der Waals surface area contributed by atoms with Crippen molar-refractivity contribution >= 4 is 10.0 Å². The van der Waals surface area contributed by atoms with Crippen molar-refractivity contribution in [2.75, 3.05) is 26.4 Å². The van der Waals surface area contributed by atoms with Crippen LogP contribution in [0.5, 0.6) is 0 Å². The third kappa shape index (κ3) is 4.93. The predicted octanol–water partition coefficient (Wildman–Crippen LogP) is 2.46. The van der Waals surface area contributed by atoms with Gasteiger partial charge in [0.05, 0.1) is 6.26 Å². The van der Waals surface area contributed by atoms with Gasteiger partial charge in [0.15, 0.2) is 0 Å². The van der Waals surface area contributed by atoms with Gasteiger partial charge in [-0.05, 0) is 56.9 Å². The third-order valence-corrected chi connectivity index (χ3v) is 6.72. The van der Waals surface area contributed by atoms with Crippen LogP contribution in [0.3, 0.4) is 0 Å². The van der Waals surface area contributed by atoms with Gasteiger partial charge in [-0.2, -0.15) is 0 Å². The van der Waals surface area contributed by atoms with E-state index in [0.717, 1.165) is 31.2 Å². The second-order valence-corrected chi connectivity index (χ2v) is 9.27. The maximum atomic E-state index is 11.7. The summed E-state index contributed by atoms with van der Waals surface area (Å²) < 4.78 is 25.2. The van der Waals surface area contributed by atoms with Crippen LogP contribution in [0, 0.1) is 17.8 Å². The minimum atomic E-state index is -3.02. The summed E-state index contributed by atoms with van der Waals surface area (Å²) in [5, 5.41) is 3.53. The van der Waals surface area contributed by atoms with Crippen LogP contribution in [0.15, 0.2) is 0 Å². The van der Waals surface area contributed by atoms with Crippen molar-refractivity contribution in [3.63, 3.8) is 0 Å². The van der Waals surface area contributed by atoms with Crippen LogP contribution in [0.4, 0.5) is 0 Å². The first-order valence-electron chi connectivity index (χ1n) is 8.52. The molecule has 2 aliphatic rings. The Hall–Kier alpha value is -0.130. The SMILES string of the molecule is CNC(CC1CCCN(S(C)(=O)=O)C1)C1CCCC(C)C1. The van der Waals surface area contributed by atoms with Crippen molar-refractivity contribution in [2.24, 2.45) is 17.8 Å². The number of nitrogens with zero attached hydrogens (tertiary/aromatic N) is 1. The number of piperidine rings is 1. The van der Waals surface area contributed by atoms with Crippen LogP contribution in [-0.4, -0.2) is 45.2 Å². The van der Waals surface area contributed by atoms with Gasteiger partial charge in [0, 0.05) is 19.1 Å². The van der Waals surface area contributed by atoms with E-state index in [1.807, 2.05) is 0 Å². The lowest BCUT2D eigenvalue weighted by molar-refractivity contribution is 0.178. The molecule has 0 aromatic heterocycles. The largest absolute Gasteiger partial charge is 0.317 e. The normalized spacial score (nSPS) is 33.8.